The van der Waals surface area contributed by atoms with Crippen LogP contribution < -0.4 is 0 Å². The van der Waals surface area contributed by atoms with Gasteiger partial charge in [0.15, 0.2) is 0 Å². The molecule has 0 saturated carbocycles. The third kappa shape index (κ3) is 2.15. The summed E-state index contributed by atoms with van der Waals surface area (Å²) in [7, 11) is 1.39. The molecule has 0 unspecified atom stereocenters. The van der Waals surface area contributed by atoms with Gasteiger partial charge in [-0.25, -0.2) is 4.79 Å². The molecule has 3 rings (SSSR count). The number of rotatable bonds is 1. The van der Waals surface area contributed by atoms with Crippen LogP contribution in [0.15, 0.2) is 47.5 Å². The zero-order valence-electron chi connectivity index (χ0n) is 10.6. The summed E-state index contributed by atoms with van der Waals surface area (Å²) in [6.07, 6.45) is 2.65. The van der Waals surface area contributed by atoms with Crippen molar-refractivity contribution in [3.63, 3.8) is 0 Å². The third-order valence-corrected chi connectivity index (χ3v) is 3.28. The fourth-order valence-electron chi connectivity index (χ4n) is 2.26. The lowest BCUT2D eigenvalue weighted by molar-refractivity contribution is 0.0600. The molecular formula is C16H13NO2. The van der Waals surface area contributed by atoms with Gasteiger partial charge < -0.3 is 4.74 Å². The van der Waals surface area contributed by atoms with Crippen molar-refractivity contribution in [1.82, 2.24) is 0 Å². The molecule has 0 atom stereocenters. The molecule has 2 aromatic rings. The van der Waals surface area contributed by atoms with Gasteiger partial charge in [0.1, 0.15) is 0 Å². The number of benzene rings is 2. The van der Waals surface area contributed by atoms with Crippen LogP contribution >= 0.6 is 0 Å². The molecule has 1 aliphatic rings. The molecule has 0 amide bonds. The van der Waals surface area contributed by atoms with E-state index in [-0.39, 0.29) is 5.97 Å². The van der Waals surface area contributed by atoms with E-state index in [1.54, 1.807) is 6.07 Å². The van der Waals surface area contributed by atoms with Crippen LogP contribution in [0.5, 0.6) is 0 Å². The topological polar surface area (TPSA) is 38.7 Å². The van der Waals surface area contributed by atoms with Crippen molar-refractivity contribution in [3.05, 3.63) is 64.7 Å². The van der Waals surface area contributed by atoms with Crippen LogP contribution in [-0.4, -0.2) is 19.3 Å². The average Bonchev–Trinajstić information content (AvgIpc) is 2.64. The smallest absolute Gasteiger partial charge is 0.337 e. The van der Waals surface area contributed by atoms with Crippen LogP contribution in [-0.2, 0) is 11.2 Å². The van der Waals surface area contributed by atoms with Gasteiger partial charge in [-0.15, -0.1) is 0 Å². The number of hydrogen-bond acceptors (Lipinski definition) is 3. The first-order valence-corrected chi connectivity index (χ1v) is 6.11. The van der Waals surface area contributed by atoms with Crippen molar-refractivity contribution in [1.29, 1.82) is 0 Å². The second-order valence-electron chi connectivity index (χ2n) is 4.47. The molecule has 0 aliphatic carbocycles. The standard InChI is InChI=1S/C16H13NO2/c1-19-16(18)12-6-7-15-14(9-12)8-11-4-2-3-5-13(11)10-17-15/h2-7,9-10H,8H2,1H3. The number of ether oxygens (including phenoxy) is 1. The SMILES string of the molecule is COC(=O)c1ccc2c(c1)Cc1ccccc1C=N2. The highest BCUT2D eigenvalue weighted by Gasteiger charge is 2.13. The minimum Gasteiger partial charge on any atom is -0.465 e. The van der Waals surface area contributed by atoms with Gasteiger partial charge in [-0.2, -0.15) is 0 Å². The number of aliphatic imine (C=N–C) groups is 1. The fraction of sp³-hybridized carbons (Fsp3) is 0.125. The van der Waals surface area contributed by atoms with Crippen LogP contribution in [0.3, 0.4) is 0 Å². The van der Waals surface area contributed by atoms with Crippen molar-refractivity contribution in [2.45, 2.75) is 6.42 Å². The summed E-state index contributed by atoms with van der Waals surface area (Å²) in [6.45, 7) is 0. The Morgan fingerprint density at radius 1 is 1.16 bits per heavy atom. The lowest BCUT2D eigenvalue weighted by atomic mass is 9.99. The number of esters is 1. The molecule has 0 aromatic heterocycles. The van der Waals surface area contributed by atoms with Crippen LogP contribution in [0, 0.1) is 0 Å². The largest absolute Gasteiger partial charge is 0.465 e. The van der Waals surface area contributed by atoms with Crippen LogP contribution in [0.4, 0.5) is 5.69 Å². The van der Waals surface area contributed by atoms with Crippen LogP contribution in [0.1, 0.15) is 27.0 Å². The molecule has 2 aromatic carbocycles. The van der Waals surface area contributed by atoms with Gasteiger partial charge in [-0.05, 0) is 34.9 Å². The Balaban J connectivity index is 2.08. The van der Waals surface area contributed by atoms with Gasteiger partial charge >= 0.3 is 5.97 Å². The molecular weight excluding hydrogens is 238 g/mol. The quantitative estimate of drug-likeness (QED) is 0.623. The maximum Gasteiger partial charge on any atom is 0.337 e. The second kappa shape index (κ2) is 4.69. The molecule has 3 nitrogen and oxygen atoms in total. The summed E-state index contributed by atoms with van der Waals surface area (Å²) >= 11 is 0. The summed E-state index contributed by atoms with van der Waals surface area (Å²) in [4.78, 5) is 16.0. The van der Waals surface area contributed by atoms with Crippen LogP contribution in [0.2, 0.25) is 0 Å². The molecule has 19 heavy (non-hydrogen) atoms. The maximum atomic E-state index is 11.6. The first kappa shape index (κ1) is 11.7. The first-order chi connectivity index (χ1) is 9.28. The van der Waals surface area contributed by atoms with E-state index in [0.29, 0.717) is 5.56 Å². The Kier molecular flexibility index (Phi) is 2.88. The Morgan fingerprint density at radius 3 is 2.84 bits per heavy atom. The summed E-state index contributed by atoms with van der Waals surface area (Å²) in [5.74, 6) is -0.315. The van der Waals surface area contributed by atoms with Crippen molar-refractivity contribution in [3.8, 4) is 0 Å². The molecule has 0 bridgehead atoms. The van der Waals surface area contributed by atoms with Crippen LogP contribution in [0.25, 0.3) is 0 Å². The number of methoxy groups -OCH3 is 1. The van der Waals surface area contributed by atoms with E-state index in [1.807, 2.05) is 36.5 Å². The maximum absolute atomic E-state index is 11.6. The zero-order valence-corrected chi connectivity index (χ0v) is 10.6. The molecule has 1 aliphatic heterocycles. The predicted molar refractivity (Wildman–Crippen MR) is 74.3 cm³/mol. The van der Waals surface area contributed by atoms with E-state index in [0.717, 1.165) is 23.2 Å². The monoisotopic (exact) mass is 251 g/mol. The molecule has 0 spiro atoms. The number of fused-ring (bicyclic) bond motifs is 2. The summed E-state index contributed by atoms with van der Waals surface area (Å²) < 4.78 is 4.75. The molecule has 3 heteroatoms. The van der Waals surface area contributed by atoms with Gasteiger partial charge in [-0.1, -0.05) is 24.3 Å². The Bertz CT molecular complexity index is 674. The number of carbonyl (C=O) groups excluding carboxylic acids is 1. The minimum atomic E-state index is -0.315. The van der Waals surface area contributed by atoms with Crippen molar-refractivity contribution in [2.75, 3.05) is 7.11 Å². The fourth-order valence-corrected chi connectivity index (χ4v) is 2.26. The van der Waals surface area contributed by atoms with E-state index in [1.165, 1.54) is 12.7 Å². The number of nitrogens with zero attached hydrogens (tertiary/aromatic N) is 1. The Morgan fingerprint density at radius 2 is 2.00 bits per heavy atom. The Labute approximate surface area is 111 Å². The number of carbonyl (C=O) groups is 1. The third-order valence-electron chi connectivity index (χ3n) is 3.28. The summed E-state index contributed by atoms with van der Waals surface area (Å²) in [5, 5.41) is 0. The van der Waals surface area contributed by atoms with E-state index < -0.39 is 0 Å². The van der Waals surface area contributed by atoms with Crippen molar-refractivity contribution >= 4 is 17.9 Å². The molecule has 0 radical (unpaired) electrons. The molecule has 0 saturated heterocycles. The lowest BCUT2D eigenvalue weighted by Gasteiger charge is -2.07. The van der Waals surface area contributed by atoms with Gasteiger partial charge in [0.25, 0.3) is 0 Å². The van der Waals surface area contributed by atoms with Gasteiger partial charge in [0.05, 0.1) is 18.4 Å². The van der Waals surface area contributed by atoms with Gasteiger partial charge in [0.2, 0.25) is 0 Å². The molecule has 1 heterocycles. The minimum absolute atomic E-state index is 0.315. The van der Waals surface area contributed by atoms with E-state index in [4.69, 9.17) is 4.74 Å². The van der Waals surface area contributed by atoms with E-state index >= 15 is 0 Å². The van der Waals surface area contributed by atoms with Crippen molar-refractivity contribution < 1.29 is 9.53 Å². The average molecular weight is 251 g/mol. The normalized spacial score (nSPS) is 12.3. The van der Waals surface area contributed by atoms with E-state index in [9.17, 15) is 4.79 Å². The summed E-state index contributed by atoms with van der Waals surface area (Å²) in [6, 6.07) is 13.6. The first-order valence-electron chi connectivity index (χ1n) is 6.11. The van der Waals surface area contributed by atoms with Gasteiger partial charge in [-0.3, -0.25) is 4.99 Å². The lowest BCUT2D eigenvalue weighted by Crippen LogP contribution is -2.02. The highest BCUT2D eigenvalue weighted by Crippen LogP contribution is 2.27. The van der Waals surface area contributed by atoms with E-state index in [2.05, 4.69) is 11.1 Å². The highest BCUT2D eigenvalue weighted by atomic mass is 16.5. The predicted octanol–water partition coefficient (Wildman–Crippen LogP) is 3.13. The molecule has 0 N–H and O–H groups in total. The summed E-state index contributed by atoms with van der Waals surface area (Å²) in [5.41, 5.74) is 4.86. The van der Waals surface area contributed by atoms with Crippen molar-refractivity contribution in [2.24, 2.45) is 4.99 Å². The Hall–Kier alpha value is -2.42. The molecule has 0 fully saturated rings. The second-order valence-corrected chi connectivity index (χ2v) is 4.47. The zero-order chi connectivity index (χ0) is 13.2. The highest BCUT2D eigenvalue weighted by molar-refractivity contribution is 5.91. The molecule has 94 valence electrons. The van der Waals surface area contributed by atoms with Gasteiger partial charge in [0, 0.05) is 12.6 Å². The number of hydrogen-bond donors (Lipinski definition) is 0.